The number of aryl methyl sites for hydroxylation is 2. The lowest BCUT2D eigenvalue weighted by molar-refractivity contribution is -0.122. The van der Waals surface area contributed by atoms with Gasteiger partial charge in [0.1, 0.15) is 11.6 Å². The number of hydrogen-bond acceptors (Lipinski definition) is 2. The third-order valence-electron chi connectivity index (χ3n) is 11.2. The monoisotopic (exact) mass is 540 g/mol. The van der Waals surface area contributed by atoms with E-state index in [0.29, 0.717) is 11.6 Å². The minimum atomic E-state index is 0.495. The fraction of sp³-hybridized carbons (Fsp3) is 0.632. The summed E-state index contributed by atoms with van der Waals surface area (Å²) >= 11 is 0. The van der Waals surface area contributed by atoms with E-state index in [4.69, 9.17) is 0 Å². The lowest BCUT2D eigenvalue weighted by Crippen LogP contribution is -2.25. The van der Waals surface area contributed by atoms with Crippen LogP contribution in [0.5, 0.6) is 0 Å². The van der Waals surface area contributed by atoms with Crippen LogP contribution in [0.25, 0.3) is 0 Å². The standard InChI is InChI=1S/2C19H26O/c2*1-14-2-4-15(5-3-14)16-6-8-17(9-7-16)18-10-12-19(20)13-11-18/h2*2-5,16-18H,6-13H2,1H3. The second kappa shape index (κ2) is 14.1. The van der Waals surface area contributed by atoms with Gasteiger partial charge >= 0.3 is 0 Å². The summed E-state index contributed by atoms with van der Waals surface area (Å²) < 4.78 is 0. The zero-order chi connectivity index (χ0) is 27.9. The molecule has 0 heterocycles. The van der Waals surface area contributed by atoms with E-state index in [2.05, 4.69) is 62.4 Å². The first kappa shape index (κ1) is 29.3. The SMILES string of the molecule is Cc1ccc(C2CCC(C3CCC(=O)CC3)CC2)cc1.Cc1ccc(C2CCC(C3CCC(=O)CC3)CC2)cc1. The van der Waals surface area contributed by atoms with Crippen LogP contribution in [0, 0.1) is 37.5 Å². The van der Waals surface area contributed by atoms with Crippen molar-refractivity contribution in [2.75, 3.05) is 0 Å². The molecule has 2 nitrogen and oxygen atoms in total. The number of Topliss-reactive ketones (excluding diaryl/α,β-unsaturated/α-hetero) is 2. The first-order valence-electron chi connectivity index (χ1n) is 16.6. The number of carbonyl (C=O) groups excluding carboxylic acids is 2. The third kappa shape index (κ3) is 7.95. The normalized spacial score (nSPS) is 28.6. The van der Waals surface area contributed by atoms with E-state index < -0.39 is 0 Å². The molecular weight excluding hydrogens is 488 g/mol. The highest BCUT2D eigenvalue weighted by Gasteiger charge is 2.31. The Labute approximate surface area is 243 Å². The van der Waals surface area contributed by atoms with Gasteiger partial charge < -0.3 is 0 Å². The zero-order valence-corrected chi connectivity index (χ0v) is 25.2. The summed E-state index contributed by atoms with van der Waals surface area (Å²) in [4.78, 5) is 22.7. The Balaban J connectivity index is 0.000000161. The summed E-state index contributed by atoms with van der Waals surface area (Å²) in [5.41, 5.74) is 5.78. The van der Waals surface area contributed by atoms with E-state index in [1.807, 2.05) is 0 Å². The van der Waals surface area contributed by atoms with Gasteiger partial charge in [0.05, 0.1) is 0 Å². The van der Waals surface area contributed by atoms with E-state index in [1.165, 1.54) is 99.3 Å². The van der Waals surface area contributed by atoms with Gasteiger partial charge in [-0.2, -0.15) is 0 Å². The van der Waals surface area contributed by atoms with Crippen molar-refractivity contribution >= 4 is 11.6 Å². The van der Waals surface area contributed by atoms with Crippen LogP contribution in [0.4, 0.5) is 0 Å². The van der Waals surface area contributed by atoms with Crippen molar-refractivity contribution in [3.8, 4) is 0 Å². The summed E-state index contributed by atoms with van der Waals surface area (Å²) in [6, 6.07) is 18.3. The smallest absolute Gasteiger partial charge is 0.132 e. The molecule has 0 amide bonds. The Morgan fingerprint density at radius 1 is 0.400 bits per heavy atom. The molecule has 40 heavy (non-hydrogen) atoms. The molecule has 0 bridgehead atoms. The minimum absolute atomic E-state index is 0.495. The van der Waals surface area contributed by atoms with Gasteiger partial charge in [0.15, 0.2) is 0 Å². The fourth-order valence-corrected chi connectivity index (χ4v) is 8.39. The molecule has 0 saturated heterocycles. The highest BCUT2D eigenvalue weighted by atomic mass is 16.1. The lowest BCUT2D eigenvalue weighted by atomic mass is 9.70. The number of benzene rings is 2. The van der Waals surface area contributed by atoms with Crippen molar-refractivity contribution in [2.45, 2.75) is 128 Å². The Hall–Kier alpha value is -2.22. The molecule has 4 aliphatic rings. The summed E-state index contributed by atoms with van der Waals surface area (Å²) in [5.74, 6) is 6.01. The van der Waals surface area contributed by atoms with Gasteiger partial charge in [0, 0.05) is 25.7 Å². The van der Waals surface area contributed by atoms with Gasteiger partial charge in [-0.3, -0.25) is 9.59 Å². The van der Waals surface area contributed by atoms with Crippen molar-refractivity contribution < 1.29 is 9.59 Å². The van der Waals surface area contributed by atoms with Crippen LogP contribution in [0.1, 0.15) is 137 Å². The Bertz CT molecular complexity index is 972. The van der Waals surface area contributed by atoms with Gasteiger partial charge in [0.25, 0.3) is 0 Å². The number of rotatable bonds is 4. The molecule has 4 aliphatic carbocycles. The number of hydrogen-bond donors (Lipinski definition) is 0. The molecule has 6 rings (SSSR count). The van der Waals surface area contributed by atoms with Gasteiger partial charge in [-0.05, 0) is 138 Å². The average Bonchev–Trinajstić information content (AvgIpc) is 2.99. The number of ketones is 2. The van der Waals surface area contributed by atoms with Gasteiger partial charge in [-0.25, -0.2) is 0 Å². The Kier molecular flexibility index (Phi) is 10.3. The first-order chi connectivity index (χ1) is 19.4. The molecule has 216 valence electrons. The highest BCUT2D eigenvalue weighted by molar-refractivity contribution is 5.79. The molecule has 0 radical (unpaired) electrons. The highest BCUT2D eigenvalue weighted by Crippen LogP contribution is 2.43. The fourth-order valence-electron chi connectivity index (χ4n) is 8.39. The van der Waals surface area contributed by atoms with E-state index in [1.54, 1.807) is 0 Å². The molecule has 4 saturated carbocycles. The average molecular weight is 541 g/mol. The summed E-state index contributed by atoms with van der Waals surface area (Å²) in [6.07, 6.45) is 18.9. The van der Waals surface area contributed by atoms with Crippen LogP contribution >= 0.6 is 0 Å². The largest absolute Gasteiger partial charge is 0.300 e. The molecular formula is C38H52O2. The van der Waals surface area contributed by atoms with Gasteiger partial charge in [-0.15, -0.1) is 0 Å². The van der Waals surface area contributed by atoms with Crippen LogP contribution in [0.3, 0.4) is 0 Å². The molecule has 2 aromatic rings. The first-order valence-corrected chi connectivity index (χ1v) is 16.6. The van der Waals surface area contributed by atoms with Crippen LogP contribution in [0.15, 0.2) is 48.5 Å². The summed E-state index contributed by atoms with van der Waals surface area (Å²) in [7, 11) is 0. The Morgan fingerprint density at radius 3 is 0.975 bits per heavy atom. The van der Waals surface area contributed by atoms with Crippen LogP contribution in [-0.2, 0) is 9.59 Å². The van der Waals surface area contributed by atoms with Crippen LogP contribution in [-0.4, -0.2) is 11.6 Å². The van der Waals surface area contributed by atoms with Crippen molar-refractivity contribution in [1.82, 2.24) is 0 Å². The summed E-state index contributed by atoms with van der Waals surface area (Å²) in [5, 5.41) is 0. The predicted molar refractivity (Wildman–Crippen MR) is 166 cm³/mol. The molecule has 0 unspecified atom stereocenters. The van der Waals surface area contributed by atoms with Crippen molar-refractivity contribution in [1.29, 1.82) is 0 Å². The number of carbonyl (C=O) groups is 2. The molecule has 0 spiro atoms. The molecule has 0 aromatic heterocycles. The van der Waals surface area contributed by atoms with Crippen molar-refractivity contribution in [3.63, 3.8) is 0 Å². The van der Waals surface area contributed by atoms with E-state index in [0.717, 1.165) is 61.2 Å². The van der Waals surface area contributed by atoms with E-state index in [-0.39, 0.29) is 0 Å². The second-order valence-electron chi connectivity index (χ2n) is 13.8. The topological polar surface area (TPSA) is 34.1 Å². The molecule has 2 heteroatoms. The van der Waals surface area contributed by atoms with Crippen LogP contribution < -0.4 is 0 Å². The second-order valence-corrected chi connectivity index (χ2v) is 13.8. The quantitative estimate of drug-likeness (QED) is 0.387. The maximum Gasteiger partial charge on any atom is 0.132 e. The molecule has 0 aliphatic heterocycles. The van der Waals surface area contributed by atoms with Crippen molar-refractivity contribution in [3.05, 3.63) is 70.8 Å². The molecule has 2 aromatic carbocycles. The van der Waals surface area contributed by atoms with Crippen molar-refractivity contribution in [2.24, 2.45) is 23.7 Å². The lowest BCUT2D eigenvalue weighted by Gasteiger charge is -2.35. The van der Waals surface area contributed by atoms with Gasteiger partial charge in [-0.1, -0.05) is 59.7 Å². The maximum absolute atomic E-state index is 11.4. The zero-order valence-electron chi connectivity index (χ0n) is 25.2. The maximum atomic E-state index is 11.4. The van der Waals surface area contributed by atoms with Crippen LogP contribution in [0.2, 0.25) is 0 Å². The molecule has 0 atom stereocenters. The predicted octanol–water partition coefficient (Wildman–Crippen LogP) is 10.1. The minimum Gasteiger partial charge on any atom is -0.300 e. The molecule has 4 fully saturated rings. The summed E-state index contributed by atoms with van der Waals surface area (Å²) in [6.45, 7) is 4.32. The Morgan fingerprint density at radius 2 is 0.675 bits per heavy atom. The van der Waals surface area contributed by atoms with E-state index in [9.17, 15) is 9.59 Å². The third-order valence-corrected chi connectivity index (χ3v) is 11.2. The van der Waals surface area contributed by atoms with Gasteiger partial charge in [0.2, 0.25) is 0 Å². The van der Waals surface area contributed by atoms with E-state index >= 15 is 0 Å². The molecule has 0 N–H and O–H groups in total.